The van der Waals surface area contributed by atoms with Crippen LogP contribution in [0, 0.1) is 11.7 Å². The fourth-order valence-corrected chi connectivity index (χ4v) is 4.65. The van der Waals surface area contributed by atoms with Gasteiger partial charge in [0.25, 0.3) is 5.91 Å². The van der Waals surface area contributed by atoms with Crippen LogP contribution in [0.15, 0.2) is 23.1 Å². The number of sulfonamides is 1. The number of amides is 1. The van der Waals surface area contributed by atoms with Crippen LogP contribution in [-0.2, 0) is 10.0 Å². The van der Waals surface area contributed by atoms with Crippen LogP contribution in [-0.4, -0.2) is 38.3 Å². The van der Waals surface area contributed by atoms with Gasteiger partial charge in [0.1, 0.15) is 5.82 Å². The van der Waals surface area contributed by atoms with Gasteiger partial charge in [0.15, 0.2) is 0 Å². The summed E-state index contributed by atoms with van der Waals surface area (Å²) in [6.07, 6.45) is 4.62. The van der Waals surface area contributed by atoms with Crippen LogP contribution in [0.5, 0.6) is 0 Å². The summed E-state index contributed by atoms with van der Waals surface area (Å²) in [4.78, 5) is 12.2. The first-order valence-corrected chi connectivity index (χ1v) is 10.4. The average molecular weight is 370 g/mol. The molecule has 2 rings (SSSR count). The van der Waals surface area contributed by atoms with E-state index in [2.05, 4.69) is 12.2 Å². The Morgan fingerprint density at radius 2 is 2.12 bits per heavy atom. The molecule has 25 heavy (non-hydrogen) atoms. The lowest BCUT2D eigenvalue weighted by Crippen LogP contribution is -2.39. The molecule has 0 unspecified atom stereocenters. The second-order valence-corrected chi connectivity index (χ2v) is 8.65. The van der Waals surface area contributed by atoms with E-state index in [0.29, 0.717) is 25.6 Å². The van der Waals surface area contributed by atoms with E-state index in [9.17, 15) is 17.6 Å². The van der Waals surface area contributed by atoms with Crippen molar-refractivity contribution in [2.75, 3.05) is 19.6 Å². The van der Waals surface area contributed by atoms with Gasteiger partial charge in [-0.1, -0.05) is 26.7 Å². The molecule has 7 heteroatoms. The summed E-state index contributed by atoms with van der Waals surface area (Å²) in [6, 6.07) is 3.44. The van der Waals surface area contributed by atoms with E-state index in [-0.39, 0.29) is 10.5 Å². The summed E-state index contributed by atoms with van der Waals surface area (Å²) in [5.41, 5.74) is -0.220. The molecule has 1 atom stereocenters. The summed E-state index contributed by atoms with van der Waals surface area (Å²) in [6.45, 7) is 5.44. The molecule has 1 amide bonds. The highest BCUT2D eigenvalue weighted by molar-refractivity contribution is 7.89. The topological polar surface area (TPSA) is 66.5 Å². The fourth-order valence-electron chi connectivity index (χ4n) is 3.02. The third kappa shape index (κ3) is 5.01. The second-order valence-electron chi connectivity index (χ2n) is 6.72. The molecule has 1 heterocycles. The maximum Gasteiger partial charge on any atom is 0.254 e. The molecule has 0 bridgehead atoms. The third-order valence-electron chi connectivity index (χ3n) is 4.51. The molecule has 0 radical (unpaired) electrons. The number of nitrogens with zero attached hydrogens (tertiary/aromatic N) is 1. The van der Waals surface area contributed by atoms with Gasteiger partial charge in [0.2, 0.25) is 10.0 Å². The zero-order valence-corrected chi connectivity index (χ0v) is 15.7. The lowest BCUT2D eigenvalue weighted by molar-refractivity contribution is 0.0948. The van der Waals surface area contributed by atoms with Crippen LogP contribution >= 0.6 is 0 Å². The van der Waals surface area contributed by atoms with E-state index in [1.807, 2.05) is 6.92 Å². The van der Waals surface area contributed by atoms with Gasteiger partial charge >= 0.3 is 0 Å². The van der Waals surface area contributed by atoms with Gasteiger partial charge in [-0.3, -0.25) is 4.79 Å². The molecule has 1 saturated heterocycles. The Balaban J connectivity index is 2.18. The Bertz CT molecular complexity index is 706. The molecule has 0 aromatic heterocycles. The van der Waals surface area contributed by atoms with E-state index in [4.69, 9.17) is 0 Å². The Labute approximate surface area is 149 Å². The van der Waals surface area contributed by atoms with Crippen molar-refractivity contribution in [3.8, 4) is 0 Å². The van der Waals surface area contributed by atoms with Crippen molar-refractivity contribution in [1.29, 1.82) is 0 Å². The first kappa shape index (κ1) is 19.8. The van der Waals surface area contributed by atoms with E-state index < -0.39 is 21.7 Å². The zero-order chi connectivity index (χ0) is 18.4. The lowest BCUT2D eigenvalue weighted by Gasteiger charge is -2.30. The number of carbonyl (C=O) groups is 1. The Morgan fingerprint density at radius 3 is 2.80 bits per heavy atom. The first-order valence-electron chi connectivity index (χ1n) is 8.94. The minimum Gasteiger partial charge on any atom is -0.352 e. The third-order valence-corrected chi connectivity index (χ3v) is 6.37. The number of rotatable bonds is 7. The van der Waals surface area contributed by atoms with Crippen LogP contribution in [0.1, 0.15) is 56.3 Å². The summed E-state index contributed by atoms with van der Waals surface area (Å²) in [5.74, 6) is -0.984. The first-order chi connectivity index (χ1) is 11.9. The van der Waals surface area contributed by atoms with Crippen molar-refractivity contribution >= 4 is 15.9 Å². The summed E-state index contributed by atoms with van der Waals surface area (Å²) in [5, 5.41) is 2.65. The number of hydrogen-bond donors (Lipinski definition) is 1. The van der Waals surface area contributed by atoms with Crippen molar-refractivity contribution in [1.82, 2.24) is 9.62 Å². The molecule has 140 valence electrons. The van der Waals surface area contributed by atoms with Crippen LogP contribution in [0.25, 0.3) is 0 Å². The number of hydrogen-bond acceptors (Lipinski definition) is 3. The van der Waals surface area contributed by atoms with Crippen LogP contribution in [0.4, 0.5) is 4.39 Å². The standard InChI is InChI=1S/C18H27FN2O3S/c1-3-4-5-10-20-18(22)16-12-15(8-9-17(16)19)25(23,24)21-11-6-7-14(2)13-21/h8-9,12,14H,3-7,10-11,13H2,1-2H3,(H,20,22)/t14-/m1/s1. The number of piperidine rings is 1. The largest absolute Gasteiger partial charge is 0.352 e. The lowest BCUT2D eigenvalue weighted by atomic mass is 10.0. The molecule has 5 nitrogen and oxygen atoms in total. The number of benzene rings is 1. The van der Waals surface area contributed by atoms with Gasteiger partial charge in [-0.15, -0.1) is 0 Å². The quantitative estimate of drug-likeness (QED) is 0.750. The van der Waals surface area contributed by atoms with Gasteiger partial charge in [-0.2, -0.15) is 4.31 Å². The highest BCUT2D eigenvalue weighted by Gasteiger charge is 2.29. The van der Waals surface area contributed by atoms with Gasteiger partial charge in [0, 0.05) is 19.6 Å². The number of nitrogens with one attached hydrogen (secondary N) is 1. The van der Waals surface area contributed by atoms with Crippen molar-refractivity contribution < 1.29 is 17.6 Å². The summed E-state index contributed by atoms with van der Waals surface area (Å²) in [7, 11) is -3.71. The molecule has 1 aromatic carbocycles. The SMILES string of the molecule is CCCCCNC(=O)c1cc(S(=O)(=O)N2CCC[C@@H](C)C2)ccc1F. The highest BCUT2D eigenvalue weighted by atomic mass is 32.2. The van der Waals surface area contributed by atoms with Crippen LogP contribution in [0.3, 0.4) is 0 Å². The second kappa shape index (κ2) is 8.76. The predicted octanol–water partition coefficient (Wildman–Crippen LogP) is 3.17. The van der Waals surface area contributed by atoms with Gasteiger partial charge in [0.05, 0.1) is 10.5 Å². The molecule has 1 aliphatic heterocycles. The Morgan fingerprint density at radius 1 is 1.36 bits per heavy atom. The number of unbranched alkanes of at least 4 members (excludes halogenated alkanes) is 2. The molecular weight excluding hydrogens is 343 g/mol. The minimum atomic E-state index is -3.71. The molecule has 0 saturated carbocycles. The normalized spacial score (nSPS) is 18.9. The summed E-state index contributed by atoms with van der Waals surface area (Å²) < 4.78 is 41.0. The number of carbonyl (C=O) groups excluding carboxylic acids is 1. The monoisotopic (exact) mass is 370 g/mol. The van der Waals surface area contributed by atoms with E-state index in [1.54, 1.807) is 0 Å². The molecule has 1 aliphatic rings. The molecule has 1 N–H and O–H groups in total. The van der Waals surface area contributed by atoms with Crippen molar-refractivity contribution in [2.45, 2.75) is 50.8 Å². The van der Waals surface area contributed by atoms with Gasteiger partial charge in [-0.25, -0.2) is 12.8 Å². The molecular formula is C18H27FN2O3S. The van der Waals surface area contributed by atoms with Crippen LogP contribution < -0.4 is 5.32 Å². The predicted molar refractivity (Wildman–Crippen MR) is 95.4 cm³/mol. The van der Waals surface area contributed by atoms with E-state index in [1.165, 1.54) is 10.4 Å². The molecule has 1 aromatic rings. The molecule has 0 spiro atoms. The minimum absolute atomic E-state index is 0.0262. The van der Waals surface area contributed by atoms with E-state index in [0.717, 1.165) is 44.2 Å². The Hall–Kier alpha value is -1.47. The van der Waals surface area contributed by atoms with Crippen LogP contribution in [0.2, 0.25) is 0 Å². The van der Waals surface area contributed by atoms with Crippen molar-refractivity contribution in [3.05, 3.63) is 29.6 Å². The van der Waals surface area contributed by atoms with Gasteiger partial charge in [-0.05, 0) is 43.4 Å². The van der Waals surface area contributed by atoms with Crippen molar-refractivity contribution in [3.63, 3.8) is 0 Å². The summed E-state index contributed by atoms with van der Waals surface area (Å²) >= 11 is 0. The molecule has 0 aliphatic carbocycles. The fraction of sp³-hybridized carbons (Fsp3) is 0.611. The van der Waals surface area contributed by atoms with E-state index >= 15 is 0 Å². The van der Waals surface area contributed by atoms with Crippen molar-refractivity contribution in [2.24, 2.45) is 5.92 Å². The maximum absolute atomic E-state index is 14.0. The maximum atomic E-state index is 14.0. The molecule has 1 fully saturated rings. The Kier molecular flexibility index (Phi) is 6.95. The number of halogens is 1. The van der Waals surface area contributed by atoms with Gasteiger partial charge < -0.3 is 5.32 Å². The average Bonchev–Trinajstić information content (AvgIpc) is 2.58. The smallest absolute Gasteiger partial charge is 0.254 e. The zero-order valence-electron chi connectivity index (χ0n) is 14.9. The highest BCUT2D eigenvalue weighted by Crippen LogP contribution is 2.24.